The van der Waals surface area contributed by atoms with Crippen LogP contribution in [0.5, 0.6) is 0 Å². The molecule has 0 saturated heterocycles. The average molecular weight is 382 g/mol. The lowest BCUT2D eigenvalue weighted by atomic mass is 10.2. The van der Waals surface area contributed by atoms with Gasteiger partial charge < -0.3 is 20.4 Å². The van der Waals surface area contributed by atoms with Gasteiger partial charge in [-0.25, -0.2) is 4.99 Å². The summed E-state index contributed by atoms with van der Waals surface area (Å²) < 4.78 is 5.11. The van der Waals surface area contributed by atoms with E-state index in [2.05, 4.69) is 32.4 Å². The molecule has 1 aromatic carbocycles. The van der Waals surface area contributed by atoms with Crippen LogP contribution < -0.4 is 16.0 Å². The summed E-state index contributed by atoms with van der Waals surface area (Å²) in [6, 6.07) is 15.1. The Hall–Kier alpha value is -3.06. The van der Waals surface area contributed by atoms with E-state index in [-0.39, 0.29) is 11.7 Å². The third-order valence-corrected chi connectivity index (χ3v) is 4.58. The molecular formula is C20H22N4O2S. The van der Waals surface area contributed by atoms with E-state index in [1.807, 2.05) is 37.3 Å². The normalized spacial score (nSPS) is 11.2. The number of aliphatic imine (C=N–C) groups is 1. The Balaban J connectivity index is 1.61. The summed E-state index contributed by atoms with van der Waals surface area (Å²) in [6.45, 7) is 4.07. The Morgan fingerprint density at radius 2 is 2.07 bits per heavy atom. The highest BCUT2D eigenvalue weighted by Gasteiger charge is 2.08. The molecule has 0 aliphatic rings. The molecule has 7 heteroatoms. The Bertz CT molecular complexity index is 873. The van der Waals surface area contributed by atoms with Gasteiger partial charge in [0.05, 0.1) is 19.4 Å². The van der Waals surface area contributed by atoms with E-state index in [1.54, 1.807) is 23.5 Å². The highest BCUT2D eigenvalue weighted by molar-refractivity contribution is 7.09. The van der Waals surface area contributed by atoms with Gasteiger partial charge in [0.15, 0.2) is 11.7 Å². The van der Waals surface area contributed by atoms with Gasteiger partial charge in [-0.2, -0.15) is 0 Å². The molecule has 140 valence electrons. The van der Waals surface area contributed by atoms with Crippen LogP contribution in [0, 0.1) is 0 Å². The number of amides is 1. The van der Waals surface area contributed by atoms with Crippen molar-refractivity contribution in [2.24, 2.45) is 4.99 Å². The minimum absolute atomic E-state index is 0.272. The Kier molecular flexibility index (Phi) is 6.65. The maximum Gasteiger partial charge on any atom is 0.291 e. The smallest absolute Gasteiger partial charge is 0.291 e. The minimum Gasteiger partial charge on any atom is -0.459 e. The molecule has 6 nitrogen and oxygen atoms in total. The molecule has 0 atom stereocenters. The maximum atomic E-state index is 12.1. The molecule has 3 rings (SSSR count). The van der Waals surface area contributed by atoms with Gasteiger partial charge in [0.25, 0.3) is 5.91 Å². The number of benzene rings is 1. The molecule has 0 bridgehead atoms. The van der Waals surface area contributed by atoms with Crippen molar-refractivity contribution in [2.45, 2.75) is 20.0 Å². The van der Waals surface area contributed by atoms with E-state index in [1.165, 1.54) is 11.1 Å². The second-order valence-electron chi connectivity index (χ2n) is 5.76. The number of guanidine groups is 1. The summed E-state index contributed by atoms with van der Waals surface area (Å²) in [5.74, 6) is 0.771. The van der Waals surface area contributed by atoms with Crippen LogP contribution in [-0.4, -0.2) is 18.4 Å². The van der Waals surface area contributed by atoms with Gasteiger partial charge in [-0.05, 0) is 48.2 Å². The monoisotopic (exact) mass is 382 g/mol. The first-order chi connectivity index (χ1) is 13.2. The summed E-state index contributed by atoms with van der Waals surface area (Å²) in [6.07, 6.45) is 1.48. The fraction of sp³-hybridized carbons (Fsp3) is 0.200. The van der Waals surface area contributed by atoms with Crippen molar-refractivity contribution in [1.29, 1.82) is 0 Å². The summed E-state index contributed by atoms with van der Waals surface area (Å²) in [7, 11) is 0. The van der Waals surface area contributed by atoms with E-state index in [9.17, 15) is 4.79 Å². The van der Waals surface area contributed by atoms with Gasteiger partial charge in [0, 0.05) is 17.1 Å². The van der Waals surface area contributed by atoms with E-state index in [0.717, 1.165) is 24.6 Å². The number of thiophene rings is 1. The van der Waals surface area contributed by atoms with Crippen molar-refractivity contribution in [2.75, 3.05) is 11.9 Å². The van der Waals surface area contributed by atoms with Crippen LogP contribution in [-0.2, 0) is 13.1 Å². The molecule has 2 heterocycles. The number of carbonyl (C=O) groups is 1. The molecule has 3 N–H and O–H groups in total. The molecule has 0 aliphatic heterocycles. The summed E-state index contributed by atoms with van der Waals surface area (Å²) >= 11 is 1.71. The van der Waals surface area contributed by atoms with Gasteiger partial charge in [-0.15, -0.1) is 11.3 Å². The van der Waals surface area contributed by atoms with Crippen LogP contribution in [0.2, 0.25) is 0 Å². The second-order valence-corrected chi connectivity index (χ2v) is 6.79. The average Bonchev–Trinajstić information content (AvgIpc) is 3.38. The first-order valence-electron chi connectivity index (χ1n) is 8.73. The van der Waals surface area contributed by atoms with Crippen molar-refractivity contribution in [3.63, 3.8) is 0 Å². The summed E-state index contributed by atoms with van der Waals surface area (Å²) in [4.78, 5) is 18.0. The highest BCUT2D eigenvalue weighted by Crippen LogP contribution is 2.13. The third-order valence-electron chi connectivity index (χ3n) is 3.70. The summed E-state index contributed by atoms with van der Waals surface area (Å²) in [5.41, 5.74) is 1.71. The van der Waals surface area contributed by atoms with Crippen LogP contribution in [0.4, 0.5) is 5.69 Å². The molecule has 27 heavy (non-hydrogen) atoms. The Morgan fingerprint density at radius 1 is 1.15 bits per heavy atom. The first-order valence-corrected chi connectivity index (χ1v) is 9.61. The molecule has 0 spiro atoms. The van der Waals surface area contributed by atoms with Crippen molar-refractivity contribution >= 4 is 28.9 Å². The SMILES string of the molecule is CCNC(=NCc1cccc(NC(=O)c2ccco2)c1)NCc1cccs1. The van der Waals surface area contributed by atoms with Crippen LogP contribution in [0.3, 0.4) is 0 Å². The van der Waals surface area contributed by atoms with E-state index in [0.29, 0.717) is 12.2 Å². The summed E-state index contributed by atoms with van der Waals surface area (Å²) in [5, 5.41) is 11.5. The standard InChI is InChI=1S/C20H22N4O2S/c1-2-21-20(23-14-17-8-5-11-27-17)22-13-15-6-3-7-16(12-15)24-19(25)18-9-4-10-26-18/h3-12H,2,13-14H2,1H3,(H,24,25)(H2,21,22,23). The number of furan rings is 1. The quantitative estimate of drug-likeness (QED) is 0.428. The number of nitrogens with zero attached hydrogens (tertiary/aromatic N) is 1. The minimum atomic E-state index is -0.272. The topological polar surface area (TPSA) is 78.7 Å². The number of carbonyl (C=O) groups excluding carboxylic acids is 1. The van der Waals surface area contributed by atoms with Crippen LogP contribution in [0.25, 0.3) is 0 Å². The van der Waals surface area contributed by atoms with Crippen LogP contribution in [0.1, 0.15) is 27.9 Å². The first kappa shape index (κ1) is 18.7. The van der Waals surface area contributed by atoms with Gasteiger partial charge >= 0.3 is 0 Å². The lowest BCUT2D eigenvalue weighted by molar-refractivity contribution is 0.0996. The molecule has 0 saturated carbocycles. The van der Waals surface area contributed by atoms with Crippen molar-refractivity contribution < 1.29 is 9.21 Å². The molecule has 0 fully saturated rings. The second kappa shape index (κ2) is 9.59. The van der Waals surface area contributed by atoms with E-state index < -0.39 is 0 Å². The molecule has 3 aromatic rings. The maximum absolute atomic E-state index is 12.1. The van der Waals surface area contributed by atoms with Crippen LogP contribution in [0.15, 0.2) is 69.6 Å². The van der Waals surface area contributed by atoms with Crippen molar-refractivity contribution in [1.82, 2.24) is 10.6 Å². The van der Waals surface area contributed by atoms with E-state index >= 15 is 0 Å². The molecule has 0 radical (unpaired) electrons. The molecular weight excluding hydrogens is 360 g/mol. The van der Waals surface area contributed by atoms with Crippen molar-refractivity contribution in [3.8, 4) is 0 Å². The molecule has 0 aliphatic carbocycles. The number of rotatable bonds is 7. The van der Waals surface area contributed by atoms with Crippen molar-refractivity contribution in [3.05, 3.63) is 76.4 Å². The highest BCUT2D eigenvalue weighted by atomic mass is 32.1. The zero-order valence-electron chi connectivity index (χ0n) is 15.1. The van der Waals surface area contributed by atoms with Gasteiger partial charge in [0.1, 0.15) is 0 Å². The lowest BCUT2D eigenvalue weighted by Crippen LogP contribution is -2.36. The van der Waals surface area contributed by atoms with Gasteiger partial charge in [-0.3, -0.25) is 4.79 Å². The predicted molar refractivity (Wildman–Crippen MR) is 109 cm³/mol. The molecule has 2 aromatic heterocycles. The number of hydrogen-bond donors (Lipinski definition) is 3. The number of nitrogens with one attached hydrogen (secondary N) is 3. The van der Waals surface area contributed by atoms with Gasteiger partial charge in [0.2, 0.25) is 0 Å². The zero-order chi connectivity index (χ0) is 18.9. The van der Waals surface area contributed by atoms with Crippen LogP contribution >= 0.6 is 11.3 Å². The zero-order valence-corrected chi connectivity index (χ0v) is 15.9. The number of anilines is 1. The molecule has 1 amide bonds. The predicted octanol–water partition coefficient (Wildman–Crippen LogP) is 3.85. The third kappa shape index (κ3) is 5.72. The van der Waals surface area contributed by atoms with E-state index in [4.69, 9.17) is 4.42 Å². The Labute approximate surface area is 162 Å². The fourth-order valence-corrected chi connectivity index (χ4v) is 3.09. The lowest BCUT2D eigenvalue weighted by Gasteiger charge is -2.11. The fourth-order valence-electron chi connectivity index (χ4n) is 2.44. The van der Waals surface area contributed by atoms with Gasteiger partial charge in [-0.1, -0.05) is 18.2 Å². The Morgan fingerprint density at radius 3 is 2.81 bits per heavy atom. The molecule has 0 unspecified atom stereocenters. The number of hydrogen-bond acceptors (Lipinski definition) is 4. The largest absolute Gasteiger partial charge is 0.459 e.